The Kier molecular flexibility index (Phi) is 4.06. The highest BCUT2D eigenvalue weighted by atomic mass is 16.3. The van der Waals surface area contributed by atoms with Crippen molar-refractivity contribution in [2.75, 3.05) is 0 Å². The highest BCUT2D eigenvalue weighted by Crippen LogP contribution is 2.46. The first kappa shape index (κ1) is 15.2. The van der Waals surface area contributed by atoms with Gasteiger partial charge in [-0.05, 0) is 30.7 Å². The van der Waals surface area contributed by atoms with E-state index in [2.05, 4.69) is 0 Å². The van der Waals surface area contributed by atoms with Crippen LogP contribution in [0.1, 0.15) is 52.5 Å². The van der Waals surface area contributed by atoms with Crippen LogP contribution in [0, 0.1) is 17.3 Å². The zero-order valence-electron chi connectivity index (χ0n) is 13.0. The van der Waals surface area contributed by atoms with Crippen molar-refractivity contribution in [2.24, 2.45) is 17.3 Å². The zero-order chi connectivity index (χ0) is 15.0. The van der Waals surface area contributed by atoms with Crippen molar-refractivity contribution in [3.8, 4) is 0 Å². The number of carbonyl (C=O) groups is 1. The largest absolute Gasteiger partial charge is 0.385 e. The standard InChI is InChI=1S/C18H26O2/c1-13-15(16(19)17(2,3)4)11-8-12-18(13,20)14-9-6-5-7-10-14/h5-7,9-10,13,15,20H,8,11-12H2,1-4H3. The van der Waals surface area contributed by atoms with Gasteiger partial charge in [-0.3, -0.25) is 4.79 Å². The predicted octanol–water partition coefficient (Wildman–Crippen LogP) is 3.93. The van der Waals surface area contributed by atoms with E-state index in [0.29, 0.717) is 0 Å². The van der Waals surface area contributed by atoms with Gasteiger partial charge in [0.25, 0.3) is 0 Å². The lowest BCUT2D eigenvalue weighted by molar-refractivity contribution is -0.142. The molecule has 0 aromatic heterocycles. The molecule has 0 aliphatic heterocycles. The highest BCUT2D eigenvalue weighted by Gasteiger charge is 2.47. The van der Waals surface area contributed by atoms with E-state index in [1.165, 1.54) is 0 Å². The van der Waals surface area contributed by atoms with E-state index >= 15 is 0 Å². The van der Waals surface area contributed by atoms with E-state index in [-0.39, 0.29) is 23.0 Å². The van der Waals surface area contributed by atoms with Crippen LogP contribution >= 0.6 is 0 Å². The predicted molar refractivity (Wildman–Crippen MR) is 81.3 cm³/mol. The average molecular weight is 274 g/mol. The molecule has 3 atom stereocenters. The minimum absolute atomic E-state index is 0.0367. The summed E-state index contributed by atoms with van der Waals surface area (Å²) < 4.78 is 0. The minimum Gasteiger partial charge on any atom is -0.385 e. The number of Topliss-reactive ketones (excluding diaryl/α,β-unsaturated/α-hetero) is 1. The first-order valence-electron chi connectivity index (χ1n) is 7.59. The molecule has 0 heterocycles. The first-order valence-corrected chi connectivity index (χ1v) is 7.59. The number of rotatable bonds is 2. The maximum Gasteiger partial charge on any atom is 0.141 e. The minimum atomic E-state index is -0.870. The number of carbonyl (C=O) groups excluding carboxylic acids is 1. The van der Waals surface area contributed by atoms with Crippen molar-refractivity contribution < 1.29 is 9.90 Å². The van der Waals surface area contributed by atoms with Crippen molar-refractivity contribution in [1.29, 1.82) is 0 Å². The lowest BCUT2D eigenvalue weighted by atomic mass is 9.63. The van der Waals surface area contributed by atoms with Gasteiger partial charge in [0.15, 0.2) is 0 Å². The maximum absolute atomic E-state index is 12.6. The van der Waals surface area contributed by atoms with Gasteiger partial charge in [-0.15, -0.1) is 0 Å². The summed E-state index contributed by atoms with van der Waals surface area (Å²) in [4.78, 5) is 12.6. The summed E-state index contributed by atoms with van der Waals surface area (Å²) >= 11 is 0. The lowest BCUT2D eigenvalue weighted by Gasteiger charge is -2.44. The maximum atomic E-state index is 12.6. The number of aliphatic hydroxyl groups is 1. The molecule has 20 heavy (non-hydrogen) atoms. The van der Waals surface area contributed by atoms with Crippen molar-refractivity contribution in [3.63, 3.8) is 0 Å². The molecule has 1 fully saturated rings. The number of hydrogen-bond acceptors (Lipinski definition) is 2. The Morgan fingerprint density at radius 1 is 1.25 bits per heavy atom. The molecule has 1 aromatic carbocycles. The Bertz CT molecular complexity index is 472. The third-order valence-electron chi connectivity index (χ3n) is 4.78. The normalized spacial score (nSPS) is 31.1. The summed E-state index contributed by atoms with van der Waals surface area (Å²) in [6.07, 6.45) is 2.54. The third-order valence-corrected chi connectivity index (χ3v) is 4.78. The van der Waals surface area contributed by atoms with Gasteiger partial charge in [-0.25, -0.2) is 0 Å². The molecule has 0 spiro atoms. The van der Waals surface area contributed by atoms with E-state index in [4.69, 9.17) is 0 Å². The monoisotopic (exact) mass is 274 g/mol. The summed E-state index contributed by atoms with van der Waals surface area (Å²) in [7, 11) is 0. The molecule has 0 bridgehead atoms. The second-order valence-electron chi connectivity index (χ2n) is 7.19. The van der Waals surface area contributed by atoms with Crippen LogP contribution in [-0.2, 0) is 10.4 Å². The van der Waals surface area contributed by atoms with Gasteiger partial charge in [0.1, 0.15) is 5.78 Å². The van der Waals surface area contributed by atoms with Gasteiger partial charge >= 0.3 is 0 Å². The van der Waals surface area contributed by atoms with Crippen LogP contribution in [-0.4, -0.2) is 10.9 Å². The zero-order valence-corrected chi connectivity index (χ0v) is 13.0. The molecule has 1 aromatic rings. The fraction of sp³-hybridized carbons (Fsp3) is 0.611. The molecule has 1 aliphatic carbocycles. The smallest absolute Gasteiger partial charge is 0.141 e. The van der Waals surface area contributed by atoms with Gasteiger partial charge < -0.3 is 5.11 Å². The summed E-state index contributed by atoms with van der Waals surface area (Å²) in [5, 5.41) is 11.1. The quantitative estimate of drug-likeness (QED) is 0.887. The lowest BCUT2D eigenvalue weighted by Crippen LogP contribution is -2.46. The molecular formula is C18H26O2. The van der Waals surface area contributed by atoms with Gasteiger partial charge in [-0.2, -0.15) is 0 Å². The second-order valence-corrected chi connectivity index (χ2v) is 7.19. The van der Waals surface area contributed by atoms with E-state index < -0.39 is 5.60 Å². The molecule has 1 N–H and O–H groups in total. The second kappa shape index (κ2) is 5.33. The molecule has 2 rings (SSSR count). The molecule has 3 unspecified atom stereocenters. The Morgan fingerprint density at radius 2 is 1.85 bits per heavy atom. The van der Waals surface area contributed by atoms with Crippen molar-refractivity contribution in [1.82, 2.24) is 0 Å². The van der Waals surface area contributed by atoms with E-state index in [9.17, 15) is 9.90 Å². The highest BCUT2D eigenvalue weighted by molar-refractivity contribution is 5.86. The number of benzene rings is 1. The molecule has 0 saturated heterocycles. The van der Waals surface area contributed by atoms with E-state index in [1.807, 2.05) is 58.0 Å². The van der Waals surface area contributed by atoms with Crippen LogP contribution in [0.3, 0.4) is 0 Å². The molecule has 1 aliphatic rings. The van der Waals surface area contributed by atoms with Gasteiger partial charge in [-0.1, -0.05) is 58.0 Å². The van der Waals surface area contributed by atoms with Crippen molar-refractivity contribution >= 4 is 5.78 Å². The average Bonchev–Trinajstić information content (AvgIpc) is 2.41. The number of ketones is 1. The molecule has 2 heteroatoms. The molecule has 0 radical (unpaired) electrons. The SMILES string of the molecule is CC1C(C(=O)C(C)(C)C)CCCC1(O)c1ccccc1. The van der Waals surface area contributed by atoms with E-state index in [1.54, 1.807) is 0 Å². The van der Waals surface area contributed by atoms with Gasteiger partial charge in [0.2, 0.25) is 0 Å². The van der Waals surface area contributed by atoms with Gasteiger partial charge in [0.05, 0.1) is 5.60 Å². The Morgan fingerprint density at radius 3 is 2.40 bits per heavy atom. The van der Waals surface area contributed by atoms with Crippen LogP contribution in [0.5, 0.6) is 0 Å². The first-order chi connectivity index (χ1) is 9.27. The van der Waals surface area contributed by atoms with Crippen LogP contribution in [0.2, 0.25) is 0 Å². The van der Waals surface area contributed by atoms with Gasteiger partial charge in [0, 0.05) is 11.3 Å². The van der Waals surface area contributed by atoms with Crippen LogP contribution < -0.4 is 0 Å². The molecule has 0 amide bonds. The third kappa shape index (κ3) is 2.67. The van der Waals surface area contributed by atoms with Crippen LogP contribution in [0.25, 0.3) is 0 Å². The fourth-order valence-electron chi connectivity index (χ4n) is 3.45. The van der Waals surface area contributed by atoms with Crippen LogP contribution in [0.15, 0.2) is 30.3 Å². The molecular weight excluding hydrogens is 248 g/mol. The Hall–Kier alpha value is -1.15. The topological polar surface area (TPSA) is 37.3 Å². The Balaban J connectivity index is 2.32. The molecule has 110 valence electrons. The summed E-state index contributed by atoms with van der Waals surface area (Å²) in [5.41, 5.74) is -0.266. The molecule has 1 saturated carbocycles. The van der Waals surface area contributed by atoms with Crippen molar-refractivity contribution in [2.45, 2.75) is 52.6 Å². The summed E-state index contributed by atoms with van der Waals surface area (Å²) in [6, 6.07) is 9.81. The number of hydrogen-bond donors (Lipinski definition) is 1. The van der Waals surface area contributed by atoms with E-state index in [0.717, 1.165) is 24.8 Å². The molecule has 2 nitrogen and oxygen atoms in total. The fourth-order valence-corrected chi connectivity index (χ4v) is 3.45. The summed E-state index contributed by atoms with van der Waals surface area (Å²) in [5.74, 6) is 0.193. The Labute approximate surface area is 122 Å². The van der Waals surface area contributed by atoms with Crippen molar-refractivity contribution in [3.05, 3.63) is 35.9 Å². The summed E-state index contributed by atoms with van der Waals surface area (Å²) in [6.45, 7) is 7.94. The van der Waals surface area contributed by atoms with Crippen LogP contribution in [0.4, 0.5) is 0 Å².